The maximum Gasteiger partial charge on any atom is 0.132 e. The summed E-state index contributed by atoms with van der Waals surface area (Å²) in [6.07, 6.45) is 0.876. The number of nitrogens with two attached hydrogens (primary N) is 1. The van der Waals surface area contributed by atoms with Crippen molar-refractivity contribution in [3.8, 4) is 11.5 Å². The van der Waals surface area contributed by atoms with Crippen molar-refractivity contribution >= 4 is 0 Å². The van der Waals surface area contributed by atoms with Crippen LogP contribution < -0.4 is 15.2 Å². The average Bonchev–Trinajstić information content (AvgIpc) is 2.94. The van der Waals surface area contributed by atoms with Crippen molar-refractivity contribution in [2.75, 3.05) is 13.7 Å². The van der Waals surface area contributed by atoms with Crippen molar-refractivity contribution in [3.05, 3.63) is 58.9 Å². The van der Waals surface area contributed by atoms with Crippen LogP contribution in [0.1, 0.15) is 22.7 Å². The number of fused-ring (bicyclic) bond motifs is 1. The molecule has 0 radical (unpaired) electrons. The van der Waals surface area contributed by atoms with E-state index >= 15 is 0 Å². The van der Waals surface area contributed by atoms with Crippen LogP contribution in [0.3, 0.4) is 0 Å². The van der Waals surface area contributed by atoms with Crippen LogP contribution in [0.15, 0.2) is 36.4 Å². The fourth-order valence-corrected chi connectivity index (χ4v) is 2.54. The minimum Gasteiger partial charge on any atom is -0.497 e. The normalized spacial score (nSPS) is 14.6. The average molecular weight is 273 g/mol. The maximum absolute atomic E-state index is 14.1. The molecular formula is C16H16FNO2. The van der Waals surface area contributed by atoms with Crippen molar-refractivity contribution in [2.24, 2.45) is 5.73 Å². The van der Waals surface area contributed by atoms with E-state index in [0.29, 0.717) is 17.9 Å². The Labute approximate surface area is 117 Å². The van der Waals surface area contributed by atoms with Crippen LogP contribution in [0.2, 0.25) is 0 Å². The topological polar surface area (TPSA) is 44.5 Å². The van der Waals surface area contributed by atoms with Gasteiger partial charge in [-0.05, 0) is 11.6 Å². The molecule has 0 aromatic heterocycles. The third-order valence-electron chi connectivity index (χ3n) is 3.62. The second-order valence-corrected chi connectivity index (χ2v) is 4.80. The van der Waals surface area contributed by atoms with Crippen LogP contribution in [0.4, 0.5) is 4.39 Å². The van der Waals surface area contributed by atoms with Crippen molar-refractivity contribution in [3.63, 3.8) is 0 Å². The van der Waals surface area contributed by atoms with Crippen molar-refractivity contribution in [1.29, 1.82) is 0 Å². The van der Waals surface area contributed by atoms with Gasteiger partial charge in [0.2, 0.25) is 0 Å². The van der Waals surface area contributed by atoms with Gasteiger partial charge in [-0.2, -0.15) is 0 Å². The van der Waals surface area contributed by atoms with Crippen LogP contribution in [-0.2, 0) is 6.42 Å². The molecule has 3 rings (SSSR count). The number of methoxy groups -OCH3 is 1. The molecule has 20 heavy (non-hydrogen) atoms. The molecule has 2 N–H and O–H groups in total. The molecule has 0 fully saturated rings. The first kappa shape index (κ1) is 12.9. The number of rotatable bonds is 3. The summed E-state index contributed by atoms with van der Waals surface area (Å²) >= 11 is 0. The van der Waals surface area contributed by atoms with E-state index in [-0.39, 0.29) is 5.82 Å². The van der Waals surface area contributed by atoms with E-state index in [2.05, 4.69) is 0 Å². The Morgan fingerprint density at radius 2 is 2.10 bits per heavy atom. The molecule has 4 heteroatoms. The first-order valence-corrected chi connectivity index (χ1v) is 6.54. The van der Waals surface area contributed by atoms with E-state index in [1.54, 1.807) is 12.1 Å². The highest BCUT2D eigenvalue weighted by Gasteiger charge is 2.22. The van der Waals surface area contributed by atoms with Crippen LogP contribution in [0, 0.1) is 5.82 Å². The van der Waals surface area contributed by atoms with E-state index in [4.69, 9.17) is 15.2 Å². The molecule has 0 saturated carbocycles. The van der Waals surface area contributed by atoms with E-state index in [1.165, 1.54) is 13.2 Å². The fraction of sp³-hybridized carbons (Fsp3) is 0.250. The summed E-state index contributed by atoms with van der Waals surface area (Å²) in [5, 5.41) is 0. The minimum absolute atomic E-state index is 0.368. The van der Waals surface area contributed by atoms with Crippen LogP contribution >= 0.6 is 0 Å². The number of hydrogen-bond donors (Lipinski definition) is 1. The zero-order chi connectivity index (χ0) is 14.1. The van der Waals surface area contributed by atoms with Crippen LogP contribution in [0.25, 0.3) is 0 Å². The van der Waals surface area contributed by atoms with Crippen molar-refractivity contribution in [2.45, 2.75) is 12.5 Å². The quantitative estimate of drug-likeness (QED) is 0.935. The smallest absolute Gasteiger partial charge is 0.132 e. The third kappa shape index (κ3) is 2.12. The predicted octanol–water partition coefficient (Wildman–Crippen LogP) is 2.82. The Morgan fingerprint density at radius 3 is 2.85 bits per heavy atom. The molecule has 0 aliphatic carbocycles. The molecule has 3 nitrogen and oxygen atoms in total. The highest BCUT2D eigenvalue weighted by molar-refractivity contribution is 5.49. The second-order valence-electron chi connectivity index (χ2n) is 4.80. The monoisotopic (exact) mass is 273 g/mol. The standard InChI is InChI=1S/C16H16FNO2/c1-19-11-5-6-12(14(17)9-11)15(18)13-4-2-3-10-7-8-20-16(10)13/h2-6,9,15H,7-8,18H2,1H3. The largest absolute Gasteiger partial charge is 0.497 e. The van der Waals surface area contributed by atoms with Crippen molar-refractivity contribution in [1.82, 2.24) is 0 Å². The van der Waals surface area contributed by atoms with Crippen molar-refractivity contribution < 1.29 is 13.9 Å². The van der Waals surface area contributed by atoms with E-state index in [0.717, 1.165) is 23.3 Å². The molecule has 0 spiro atoms. The van der Waals surface area contributed by atoms with Gasteiger partial charge in [0, 0.05) is 23.6 Å². The molecule has 1 atom stereocenters. The molecule has 1 heterocycles. The predicted molar refractivity (Wildman–Crippen MR) is 74.6 cm³/mol. The first-order valence-electron chi connectivity index (χ1n) is 6.54. The van der Waals surface area contributed by atoms with Gasteiger partial charge in [-0.25, -0.2) is 4.39 Å². The molecule has 0 amide bonds. The van der Waals surface area contributed by atoms with Gasteiger partial charge in [-0.3, -0.25) is 0 Å². The minimum atomic E-state index is -0.547. The zero-order valence-electron chi connectivity index (χ0n) is 11.2. The van der Waals surface area contributed by atoms with Gasteiger partial charge in [0.25, 0.3) is 0 Å². The maximum atomic E-state index is 14.1. The Kier molecular flexibility index (Phi) is 3.32. The van der Waals surface area contributed by atoms with Gasteiger partial charge >= 0.3 is 0 Å². The lowest BCUT2D eigenvalue weighted by Crippen LogP contribution is -2.14. The molecule has 0 bridgehead atoms. The molecule has 1 unspecified atom stereocenters. The Hall–Kier alpha value is -2.07. The number of hydrogen-bond acceptors (Lipinski definition) is 3. The second kappa shape index (κ2) is 5.13. The fourth-order valence-electron chi connectivity index (χ4n) is 2.54. The summed E-state index contributed by atoms with van der Waals surface area (Å²) in [5.74, 6) is 0.913. The van der Waals surface area contributed by atoms with Crippen LogP contribution in [-0.4, -0.2) is 13.7 Å². The third-order valence-corrected chi connectivity index (χ3v) is 3.62. The van der Waals surface area contributed by atoms with Gasteiger partial charge in [0.15, 0.2) is 0 Å². The highest BCUT2D eigenvalue weighted by atomic mass is 19.1. The Bertz CT molecular complexity index is 642. The molecule has 1 aliphatic heterocycles. The number of halogens is 1. The summed E-state index contributed by atoms with van der Waals surface area (Å²) < 4.78 is 24.8. The lowest BCUT2D eigenvalue weighted by molar-refractivity contribution is 0.352. The lowest BCUT2D eigenvalue weighted by Gasteiger charge is -2.17. The van der Waals surface area contributed by atoms with Gasteiger partial charge in [-0.1, -0.05) is 24.3 Å². The molecule has 104 valence electrons. The van der Waals surface area contributed by atoms with Gasteiger partial charge in [0.05, 0.1) is 19.8 Å². The Balaban J connectivity index is 2.01. The molecular weight excluding hydrogens is 257 g/mol. The van der Waals surface area contributed by atoms with E-state index in [1.807, 2.05) is 18.2 Å². The van der Waals surface area contributed by atoms with Gasteiger partial charge < -0.3 is 15.2 Å². The summed E-state index contributed by atoms with van der Waals surface area (Å²) in [6, 6.07) is 10.0. The number of para-hydroxylation sites is 1. The van der Waals surface area contributed by atoms with Crippen LogP contribution in [0.5, 0.6) is 11.5 Å². The number of benzene rings is 2. The first-order chi connectivity index (χ1) is 9.70. The SMILES string of the molecule is COc1ccc(C(N)c2cccc3c2OCC3)c(F)c1. The summed E-state index contributed by atoms with van der Waals surface area (Å²) in [4.78, 5) is 0. The molecule has 2 aromatic rings. The van der Waals surface area contributed by atoms with Gasteiger partial charge in [0.1, 0.15) is 17.3 Å². The molecule has 1 aliphatic rings. The highest BCUT2D eigenvalue weighted by Crippen LogP contribution is 2.36. The lowest BCUT2D eigenvalue weighted by atomic mass is 9.96. The summed E-state index contributed by atoms with van der Waals surface area (Å²) in [5.41, 5.74) is 8.62. The summed E-state index contributed by atoms with van der Waals surface area (Å²) in [7, 11) is 1.51. The van der Waals surface area contributed by atoms with E-state index < -0.39 is 6.04 Å². The zero-order valence-corrected chi connectivity index (χ0v) is 11.2. The molecule has 2 aromatic carbocycles. The van der Waals surface area contributed by atoms with Gasteiger partial charge in [-0.15, -0.1) is 0 Å². The molecule has 0 saturated heterocycles. The Morgan fingerprint density at radius 1 is 1.25 bits per heavy atom. The summed E-state index contributed by atoms with van der Waals surface area (Å²) in [6.45, 7) is 0.657. The number of ether oxygens (including phenoxy) is 2. The van der Waals surface area contributed by atoms with E-state index in [9.17, 15) is 4.39 Å².